The maximum Gasteiger partial charge on any atom is 0.416 e. The summed E-state index contributed by atoms with van der Waals surface area (Å²) in [6, 6.07) is 5.94. The van der Waals surface area contributed by atoms with Crippen molar-refractivity contribution in [2.75, 3.05) is 5.32 Å². The number of halogens is 3. The Hall–Kier alpha value is -2.31. The monoisotopic (exact) mass is 269 g/mol. The lowest BCUT2D eigenvalue weighted by atomic mass is 10.2. The summed E-state index contributed by atoms with van der Waals surface area (Å²) < 4.78 is 38.4. The van der Waals surface area contributed by atoms with Crippen LogP contribution in [0.15, 0.2) is 42.7 Å². The maximum absolute atomic E-state index is 12.3. The van der Waals surface area contributed by atoms with Crippen LogP contribution in [0.2, 0.25) is 0 Å². The third-order valence-electron chi connectivity index (χ3n) is 2.36. The number of carbonyl (C=O) groups is 1. The first-order chi connectivity index (χ1) is 8.95. The van der Waals surface area contributed by atoms with Gasteiger partial charge in [-0.1, -0.05) is 0 Å². The summed E-state index contributed by atoms with van der Waals surface area (Å²) >= 11 is 0. The van der Waals surface area contributed by atoms with Crippen molar-refractivity contribution in [1.29, 1.82) is 0 Å². The molecule has 0 aliphatic heterocycles. The van der Waals surface area contributed by atoms with Gasteiger partial charge in [0, 0.05) is 18.1 Å². The molecule has 0 aliphatic rings. The first-order valence-electron chi connectivity index (χ1n) is 5.40. The second-order valence-corrected chi connectivity index (χ2v) is 3.83. The average Bonchev–Trinajstić information content (AvgIpc) is 2.81. The molecular formula is C12H10F3N3O. The topological polar surface area (TPSA) is 46.9 Å². The zero-order valence-electron chi connectivity index (χ0n) is 9.69. The third-order valence-corrected chi connectivity index (χ3v) is 2.36. The molecule has 0 saturated carbocycles. The largest absolute Gasteiger partial charge is 0.416 e. The van der Waals surface area contributed by atoms with Gasteiger partial charge in [0.1, 0.15) is 6.54 Å². The Morgan fingerprint density at radius 3 is 2.47 bits per heavy atom. The van der Waals surface area contributed by atoms with E-state index in [1.165, 1.54) is 23.0 Å². The quantitative estimate of drug-likeness (QED) is 0.930. The molecule has 100 valence electrons. The number of nitrogens with zero attached hydrogens (tertiary/aromatic N) is 2. The van der Waals surface area contributed by atoms with Gasteiger partial charge in [-0.15, -0.1) is 0 Å². The fourth-order valence-electron chi connectivity index (χ4n) is 1.48. The molecule has 1 N–H and O–H groups in total. The van der Waals surface area contributed by atoms with Crippen molar-refractivity contribution in [2.45, 2.75) is 12.7 Å². The lowest BCUT2D eigenvalue weighted by Gasteiger charge is -2.08. The Morgan fingerprint density at radius 2 is 1.95 bits per heavy atom. The van der Waals surface area contributed by atoms with Gasteiger partial charge in [-0.05, 0) is 30.3 Å². The molecule has 1 aromatic heterocycles. The van der Waals surface area contributed by atoms with E-state index in [9.17, 15) is 18.0 Å². The first-order valence-corrected chi connectivity index (χ1v) is 5.40. The summed E-state index contributed by atoms with van der Waals surface area (Å²) in [5.41, 5.74) is -0.442. The van der Waals surface area contributed by atoms with E-state index in [0.29, 0.717) is 5.69 Å². The molecule has 0 unspecified atom stereocenters. The van der Waals surface area contributed by atoms with Crippen LogP contribution in [0.5, 0.6) is 0 Å². The highest BCUT2D eigenvalue weighted by molar-refractivity contribution is 5.90. The third kappa shape index (κ3) is 3.57. The van der Waals surface area contributed by atoms with Gasteiger partial charge in [0.15, 0.2) is 0 Å². The number of anilines is 1. The highest BCUT2D eigenvalue weighted by atomic mass is 19.4. The molecule has 2 aromatic rings. The highest BCUT2D eigenvalue weighted by Gasteiger charge is 2.29. The van der Waals surface area contributed by atoms with Gasteiger partial charge in [-0.3, -0.25) is 9.48 Å². The molecular weight excluding hydrogens is 259 g/mol. The fraction of sp³-hybridized carbons (Fsp3) is 0.167. The van der Waals surface area contributed by atoms with Crippen LogP contribution < -0.4 is 5.32 Å². The maximum atomic E-state index is 12.3. The number of hydrogen-bond donors (Lipinski definition) is 1. The van der Waals surface area contributed by atoms with Crippen molar-refractivity contribution >= 4 is 11.6 Å². The van der Waals surface area contributed by atoms with E-state index in [4.69, 9.17) is 0 Å². The minimum Gasteiger partial charge on any atom is -0.324 e. The molecule has 0 aliphatic carbocycles. The van der Waals surface area contributed by atoms with Crippen LogP contribution in [0.3, 0.4) is 0 Å². The normalized spacial score (nSPS) is 11.3. The van der Waals surface area contributed by atoms with Crippen LogP contribution in [-0.2, 0) is 17.5 Å². The zero-order valence-corrected chi connectivity index (χ0v) is 9.69. The van der Waals surface area contributed by atoms with Crippen LogP contribution in [0.1, 0.15) is 5.56 Å². The summed E-state index contributed by atoms with van der Waals surface area (Å²) in [6.07, 6.45) is -1.23. The van der Waals surface area contributed by atoms with E-state index in [2.05, 4.69) is 10.4 Å². The zero-order chi connectivity index (χ0) is 13.9. The Bertz CT molecular complexity index is 547. The summed E-state index contributed by atoms with van der Waals surface area (Å²) in [7, 11) is 0. The fourth-order valence-corrected chi connectivity index (χ4v) is 1.48. The van der Waals surface area contributed by atoms with Crippen molar-refractivity contribution < 1.29 is 18.0 Å². The molecule has 1 heterocycles. The van der Waals surface area contributed by atoms with E-state index in [-0.39, 0.29) is 12.5 Å². The number of aromatic nitrogens is 2. The van der Waals surface area contributed by atoms with Crippen molar-refractivity contribution in [3.05, 3.63) is 48.3 Å². The van der Waals surface area contributed by atoms with Gasteiger partial charge >= 0.3 is 6.18 Å². The molecule has 7 heteroatoms. The van der Waals surface area contributed by atoms with Crippen LogP contribution in [-0.4, -0.2) is 15.7 Å². The number of rotatable bonds is 3. The van der Waals surface area contributed by atoms with E-state index in [0.717, 1.165) is 12.1 Å². The number of benzene rings is 1. The minimum atomic E-state index is -4.38. The van der Waals surface area contributed by atoms with Crippen LogP contribution in [0.25, 0.3) is 0 Å². The second kappa shape index (κ2) is 5.13. The van der Waals surface area contributed by atoms with E-state index in [1.54, 1.807) is 12.3 Å². The summed E-state index contributed by atoms with van der Waals surface area (Å²) in [5, 5.41) is 6.34. The Labute approximate surface area is 106 Å². The average molecular weight is 269 g/mol. The van der Waals surface area contributed by atoms with Crippen LogP contribution in [0, 0.1) is 0 Å². The van der Waals surface area contributed by atoms with Gasteiger partial charge in [-0.25, -0.2) is 0 Å². The van der Waals surface area contributed by atoms with Gasteiger partial charge in [-0.2, -0.15) is 18.3 Å². The molecule has 0 bridgehead atoms. The molecule has 0 atom stereocenters. The summed E-state index contributed by atoms with van der Waals surface area (Å²) in [4.78, 5) is 11.6. The molecule has 2 rings (SSSR count). The van der Waals surface area contributed by atoms with Crippen molar-refractivity contribution in [1.82, 2.24) is 9.78 Å². The number of amides is 1. The van der Waals surface area contributed by atoms with Crippen LogP contribution in [0.4, 0.5) is 18.9 Å². The smallest absolute Gasteiger partial charge is 0.324 e. The highest BCUT2D eigenvalue weighted by Crippen LogP contribution is 2.29. The van der Waals surface area contributed by atoms with E-state index < -0.39 is 11.7 Å². The molecule has 1 amide bonds. The van der Waals surface area contributed by atoms with Crippen LogP contribution >= 0.6 is 0 Å². The van der Waals surface area contributed by atoms with Gasteiger partial charge in [0.2, 0.25) is 5.91 Å². The number of hydrogen-bond acceptors (Lipinski definition) is 2. The predicted molar refractivity (Wildman–Crippen MR) is 62.3 cm³/mol. The standard InChI is InChI=1S/C12H10F3N3O/c13-12(14,15)9-2-4-10(5-3-9)17-11(19)8-18-7-1-6-16-18/h1-7H,8H2,(H,17,19). The number of alkyl halides is 3. The molecule has 0 spiro atoms. The Morgan fingerprint density at radius 1 is 1.26 bits per heavy atom. The van der Waals surface area contributed by atoms with Gasteiger partial charge in [0.25, 0.3) is 0 Å². The Kier molecular flexibility index (Phi) is 3.55. The molecule has 1 aromatic carbocycles. The van der Waals surface area contributed by atoms with Crippen molar-refractivity contribution in [3.8, 4) is 0 Å². The minimum absolute atomic E-state index is 0.00796. The molecule has 0 saturated heterocycles. The number of nitrogens with one attached hydrogen (secondary N) is 1. The van der Waals surface area contributed by atoms with E-state index >= 15 is 0 Å². The second-order valence-electron chi connectivity index (χ2n) is 3.83. The number of carbonyl (C=O) groups excluding carboxylic acids is 1. The SMILES string of the molecule is O=C(Cn1cccn1)Nc1ccc(C(F)(F)F)cc1. The van der Waals surface area contributed by atoms with Crippen molar-refractivity contribution in [2.24, 2.45) is 0 Å². The summed E-state index contributed by atoms with van der Waals surface area (Å²) in [5.74, 6) is -0.358. The lowest BCUT2D eigenvalue weighted by Crippen LogP contribution is -2.19. The molecule has 4 nitrogen and oxygen atoms in total. The molecule has 19 heavy (non-hydrogen) atoms. The Balaban J connectivity index is 1.98. The van der Waals surface area contributed by atoms with Gasteiger partial charge in [0.05, 0.1) is 5.56 Å². The predicted octanol–water partition coefficient (Wildman–Crippen LogP) is 2.54. The lowest BCUT2D eigenvalue weighted by molar-refractivity contribution is -0.137. The van der Waals surface area contributed by atoms with Crippen molar-refractivity contribution in [3.63, 3.8) is 0 Å². The molecule has 0 fully saturated rings. The van der Waals surface area contributed by atoms with Gasteiger partial charge < -0.3 is 5.32 Å². The summed E-state index contributed by atoms with van der Waals surface area (Å²) in [6.45, 7) is 0.00796. The molecule has 0 radical (unpaired) electrons. The first kappa shape index (κ1) is 13.1. The van der Waals surface area contributed by atoms with E-state index in [1.807, 2.05) is 0 Å².